The molecule has 1 heterocycles. The van der Waals surface area contributed by atoms with Crippen molar-refractivity contribution in [2.24, 2.45) is 0 Å². The molecule has 0 radical (unpaired) electrons. The molecule has 1 aromatic heterocycles. The van der Waals surface area contributed by atoms with Gasteiger partial charge in [0.15, 0.2) is 11.5 Å². The second kappa shape index (κ2) is 6.54. The van der Waals surface area contributed by atoms with E-state index in [-0.39, 0.29) is 17.4 Å². The number of amides is 1. The predicted octanol–water partition coefficient (Wildman–Crippen LogP) is 2.78. The molecule has 2 aromatic carbocycles. The monoisotopic (exact) mass is 321 g/mol. The molecule has 6 nitrogen and oxygen atoms in total. The molecule has 0 aliphatic carbocycles. The second-order valence-corrected chi connectivity index (χ2v) is 5.79. The number of carbonyl (C=O) groups excluding carboxylic acids is 1. The molecule has 0 fully saturated rings. The minimum atomic E-state index is -0.369. The summed E-state index contributed by atoms with van der Waals surface area (Å²) in [4.78, 5) is 12.3. The minimum Gasteiger partial charge on any atom is -0.382 e. The summed E-state index contributed by atoms with van der Waals surface area (Å²) in [5.41, 5.74) is 10.2. The zero-order chi connectivity index (χ0) is 17.1. The Hall–Kier alpha value is -3.15. The molecular formula is C18H19N5O. The molecule has 3 aromatic rings. The van der Waals surface area contributed by atoms with E-state index in [0.29, 0.717) is 12.2 Å². The van der Waals surface area contributed by atoms with E-state index in [0.717, 1.165) is 11.1 Å². The standard InChI is InChI=1S/C18H19N5O/c1-12-3-7-14(8-4-12)11-23-17(19)16(21-22-23)18(24)20-15-9-5-13(2)6-10-15/h3-10H,11,19H2,1-2H3,(H,20,24). The van der Waals surface area contributed by atoms with Crippen LogP contribution in [0.1, 0.15) is 27.2 Å². The van der Waals surface area contributed by atoms with Crippen LogP contribution in [0.4, 0.5) is 11.5 Å². The summed E-state index contributed by atoms with van der Waals surface area (Å²) in [5, 5.41) is 10.7. The van der Waals surface area contributed by atoms with E-state index in [4.69, 9.17) is 5.73 Å². The zero-order valence-electron chi connectivity index (χ0n) is 13.7. The van der Waals surface area contributed by atoms with Crippen molar-refractivity contribution in [3.8, 4) is 0 Å². The summed E-state index contributed by atoms with van der Waals surface area (Å²) in [5.74, 6) is -0.119. The van der Waals surface area contributed by atoms with E-state index in [9.17, 15) is 4.79 Å². The van der Waals surface area contributed by atoms with Crippen molar-refractivity contribution in [1.29, 1.82) is 0 Å². The van der Waals surface area contributed by atoms with Gasteiger partial charge in [-0.3, -0.25) is 4.79 Å². The molecule has 0 unspecified atom stereocenters. The number of aryl methyl sites for hydroxylation is 2. The quantitative estimate of drug-likeness (QED) is 0.773. The van der Waals surface area contributed by atoms with Gasteiger partial charge in [0.1, 0.15) is 0 Å². The third kappa shape index (κ3) is 3.43. The normalized spacial score (nSPS) is 10.6. The van der Waals surface area contributed by atoms with Crippen LogP contribution in [0.25, 0.3) is 0 Å². The first-order chi connectivity index (χ1) is 11.5. The number of hydrogen-bond donors (Lipinski definition) is 2. The van der Waals surface area contributed by atoms with Gasteiger partial charge in [-0.2, -0.15) is 0 Å². The Balaban J connectivity index is 1.75. The fourth-order valence-electron chi connectivity index (χ4n) is 2.29. The lowest BCUT2D eigenvalue weighted by Gasteiger charge is -2.06. The van der Waals surface area contributed by atoms with Gasteiger partial charge in [0.25, 0.3) is 5.91 Å². The fourth-order valence-corrected chi connectivity index (χ4v) is 2.29. The van der Waals surface area contributed by atoms with Crippen molar-refractivity contribution in [2.45, 2.75) is 20.4 Å². The van der Waals surface area contributed by atoms with Gasteiger partial charge in [0, 0.05) is 5.69 Å². The molecule has 3 rings (SSSR count). The topological polar surface area (TPSA) is 85.8 Å². The lowest BCUT2D eigenvalue weighted by molar-refractivity contribution is 0.102. The smallest absolute Gasteiger partial charge is 0.280 e. The van der Waals surface area contributed by atoms with Crippen LogP contribution in [0.15, 0.2) is 48.5 Å². The summed E-state index contributed by atoms with van der Waals surface area (Å²) < 4.78 is 1.52. The van der Waals surface area contributed by atoms with Crippen molar-refractivity contribution in [1.82, 2.24) is 15.0 Å². The van der Waals surface area contributed by atoms with Gasteiger partial charge in [-0.15, -0.1) is 5.10 Å². The number of rotatable bonds is 4. The lowest BCUT2D eigenvalue weighted by Crippen LogP contribution is -2.15. The maximum atomic E-state index is 12.3. The maximum absolute atomic E-state index is 12.3. The molecule has 0 bridgehead atoms. The van der Waals surface area contributed by atoms with Crippen LogP contribution in [-0.4, -0.2) is 20.9 Å². The summed E-state index contributed by atoms with van der Waals surface area (Å²) >= 11 is 0. The lowest BCUT2D eigenvalue weighted by atomic mass is 10.1. The fraction of sp³-hybridized carbons (Fsp3) is 0.167. The molecule has 1 amide bonds. The van der Waals surface area contributed by atoms with E-state index >= 15 is 0 Å². The Kier molecular flexibility index (Phi) is 4.29. The van der Waals surface area contributed by atoms with Gasteiger partial charge in [-0.05, 0) is 31.5 Å². The number of carbonyl (C=O) groups is 1. The van der Waals surface area contributed by atoms with Gasteiger partial charge in [-0.25, -0.2) is 4.68 Å². The maximum Gasteiger partial charge on any atom is 0.280 e. The van der Waals surface area contributed by atoms with Crippen LogP contribution in [0.3, 0.4) is 0 Å². The number of nitrogens with zero attached hydrogens (tertiary/aromatic N) is 3. The summed E-state index contributed by atoms with van der Waals surface area (Å²) in [6.45, 7) is 4.48. The third-order valence-corrected chi connectivity index (χ3v) is 3.75. The first-order valence-corrected chi connectivity index (χ1v) is 7.65. The van der Waals surface area contributed by atoms with Crippen molar-refractivity contribution in [3.63, 3.8) is 0 Å². The van der Waals surface area contributed by atoms with Gasteiger partial charge in [0.05, 0.1) is 6.54 Å². The molecule has 0 saturated heterocycles. The average Bonchev–Trinajstić information content (AvgIpc) is 2.93. The second-order valence-electron chi connectivity index (χ2n) is 5.79. The average molecular weight is 321 g/mol. The first-order valence-electron chi connectivity index (χ1n) is 7.65. The Morgan fingerprint density at radius 3 is 2.25 bits per heavy atom. The number of nitrogens with one attached hydrogen (secondary N) is 1. The number of anilines is 2. The Labute approximate surface area is 140 Å². The molecule has 0 aliphatic rings. The predicted molar refractivity (Wildman–Crippen MR) is 93.8 cm³/mol. The molecular weight excluding hydrogens is 302 g/mol. The summed E-state index contributed by atoms with van der Waals surface area (Å²) in [6.07, 6.45) is 0. The van der Waals surface area contributed by atoms with E-state index in [1.165, 1.54) is 10.2 Å². The van der Waals surface area contributed by atoms with Crippen LogP contribution in [-0.2, 0) is 6.54 Å². The number of nitrogens with two attached hydrogens (primary N) is 1. The Bertz CT molecular complexity index is 850. The van der Waals surface area contributed by atoms with Gasteiger partial charge < -0.3 is 11.1 Å². The number of nitrogen functional groups attached to an aromatic ring is 1. The highest BCUT2D eigenvalue weighted by Crippen LogP contribution is 2.15. The van der Waals surface area contributed by atoms with Crippen LogP contribution < -0.4 is 11.1 Å². The highest BCUT2D eigenvalue weighted by Gasteiger charge is 2.17. The van der Waals surface area contributed by atoms with Crippen molar-refractivity contribution in [3.05, 3.63) is 70.9 Å². The van der Waals surface area contributed by atoms with Gasteiger partial charge in [0.2, 0.25) is 0 Å². The van der Waals surface area contributed by atoms with Gasteiger partial charge in [-0.1, -0.05) is 52.7 Å². The van der Waals surface area contributed by atoms with Crippen molar-refractivity contribution < 1.29 is 4.79 Å². The Morgan fingerprint density at radius 1 is 1.04 bits per heavy atom. The molecule has 0 aliphatic heterocycles. The molecule has 0 saturated carbocycles. The third-order valence-electron chi connectivity index (χ3n) is 3.75. The van der Waals surface area contributed by atoms with E-state index in [2.05, 4.69) is 15.6 Å². The largest absolute Gasteiger partial charge is 0.382 e. The highest BCUT2D eigenvalue weighted by atomic mass is 16.2. The van der Waals surface area contributed by atoms with Gasteiger partial charge >= 0.3 is 0 Å². The van der Waals surface area contributed by atoms with E-state index in [1.807, 2.05) is 62.4 Å². The SMILES string of the molecule is Cc1ccc(Cn2nnc(C(=O)Nc3ccc(C)cc3)c2N)cc1. The molecule has 0 spiro atoms. The molecule has 6 heteroatoms. The molecule has 3 N–H and O–H groups in total. The summed E-state index contributed by atoms with van der Waals surface area (Å²) in [7, 11) is 0. The van der Waals surface area contributed by atoms with Crippen LogP contribution in [0.5, 0.6) is 0 Å². The number of benzene rings is 2. The van der Waals surface area contributed by atoms with Crippen LogP contribution in [0, 0.1) is 13.8 Å². The van der Waals surface area contributed by atoms with Crippen LogP contribution in [0.2, 0.25) is 0 Å². The summed E-state index contributed by atoms with van der Waals surface area (Å²) in [6, 6.07) is 15.6. The highest BCUT2D eigenvalue weighted by molar-refractivity contribution is 6.05. The number of hydrogen-bond acceptors (Lipinski definition) is 4. The first kappa shape index (κ1) is 15.7. The number of aromatic nitrogens is 3. The van der Waals surface area contributed by atoms with E-state index < -0.39 is 0 Å². The molecule has 24 heavy (non-hydrogen) atoms. The van der Waals surface area contributed by atoms with Crippen LogP contribution >= 0.6 is 0 Å². The van der Waals surface area contributed by atoms with E-state index in [1.54, 1.807) is 0 Å². The minimum absolute atomic E-state index is 0.127. The zero-order valence-corrected chi connectivity index (χ0v) is 13.7. The molecule has 122 valence electrons. The Morgan fingerprint density at radius 2 is 1.62 bits per heavy atom. The molecule has 0 atom stereocenters. The van der Waals surface area contributed by atoms with Crippen molar-refractivity contribution >= 4 is 17.4 Å². The van der Waals surface area contributed by atoms with Crippen molar-refractivity contribution in [2.75, 3.05) is 11.1 Å².